The third-order valence-corrected chi connectivity index (χ3v) is 8.27. The van der Waals surface area contributed by atoms with E-state index in [0.29, 0.717) is 22.8 Å². The molecule has 0 aliphatic carbocycles. The normalized spacial score (nSPS) is 14.1. The maximum Gasteiger partial charge on any atom is 0.263 e. The van der Waals surface area contributed by atoms with Crippen molar-refractivity contribution in [2.45, 2.75) is 51.9 Å². The monoisotopic (exact) mass is 433 g/mol. The van der Waals surface area contributed by atoms with Crippen molar-refractivity contribution < 1.29 is 4.79 Å². The topological polar surface area (TPSA) is 55.2 Å². The second kappa shape index (κ2) is 7.65. The molecule has 0 bridgehead atoms. The van der Waals surface area contributed by atoms with Gasteiger partial charge in [0.05, 0.1) is 11.1 Å². The first-order valence-corrected chi connectivity index (χ1v) is 12.0. The fourth-order valence-electron chi connectivity index (χ4n) is 3.52. The van der Waals surface area contributed by atoms with Gasteiger partial charge in [0.2, 0.25) is 5.91 Å². The lowest BCUT2D eigenvalue weighted by atomic mass is 10.1. The molecule has 0 aromatic carbocycles. The molecule has 8 heteroatoms. The highest BCUT2D eigenvalue weighted by molar-refractivity contribution is 7.99. The Hall–Kier alpha value is -1.64. The van der Waals surface area contributed by atoms with E-state index >= 15 is 0 Å². The SMILES string of the molecule is Cc1sc2nc(SCC(=O)N3CCc4sccc4C3)n(C(C)C)c(=O)c2c1C. The molecule has 4 heterocycles. The predicted octanol–water partition coefficient (Wildman–Crippen LogP) is 4.39. The van der Waals surface area contributed by atoms with Gasteiger partial charge < -0.3 is 4.90 Å². The molecule has 5 nitrogen and oxygen atoms in total. The van der Waals surface area contributed by atoms with Crippen LogP contribution in [0.4, 0.5) is 0 Å². The van der Waals surface area contributed by atoms with Crippen LogP contribution in [0.3, 0.4) is 0 Å². The summed E-state index contributed by atoms with van der Waals surface area (Å²) >= 11 is 4.70. The Bertz CT molecular complexity index is 1110. The minimum atomic E-state index is -0.00930. The summed E-state index contributed by atoms with van der Waals surface area (Å²) in [5.74, 6) is 0.401. The van der Waals surface area contributed by atoms with Gasteiger partial charge in [-0.3, -0.25) is 14.2 Å². The molecule has 0 unspecified atom stereocenters. The van der Waals surface area contributed by atoms with E-state index < -0.39 is 0 Å². The van der Waals surface area contributed by atoms with Gasteiger partial charge >= 0.3 is 0 Å². The molecule has 28 heavy (non-hydrogen) atoms. The zero-order chi connectivity index (χ0) is 20.0. The van der Waals surface area contributed by atoms with Gasteiger partial charge in [-0.05, 0) is 56.7 Å². The Morgan fingerprint density at radius 3 is 2.89 bits per heavy atom. The molecule has 0 fully saturated rings. The van der Waals surface area contributed by atoms with Crippen LogP contribution >= 0.6 is 34.4 Å². The Morgan fingerprint density at radius 2 is 2.14 bits per heavy atom. The van der Waals surface area contributed by atoms with Crippen molar-refractivity contribution in [3.05, 3.63) is 42.7 Å². The summed E-state index contributed by atoms with van der Waals surface area (Å²) in [5, 5.41) is 3.45. The summed E-state index contributed by atoms with van der Waals surface area (Å²) in [6, 6.07) is 2.10. The minimum Gasteiger partial charge on any atom is -0.337 e. The first kappa shape index (κ1) is 19.7. The number of hydrogen-bond donors (Lipinski definition) is 0. The zero-order valence-electron chi connectivity index (χ0n) is 16.4. The fourth-order valence-corrected chi connectivity index (χ4v) is 6.51. The van der Waals surface area contributed by atoms with Crippen molar-refractivity contribution in [1.82, 2.24) is 14.5 Å². The van der Waals surface area contributed by atoms with Crippen molar-refractivity contribution in [2.24, 2.45) is 0 Å². The second-order valence-corrected chi connectivity index (χ2v) is 10.5. The van der Waals surface area contributed by atoms with Crippen molar-refractivity contribution >= 4 is 50.6 Å². The fraction of sp³-hybridized carbons (Fsp3) is 0.450. The molecule has 1 aliphatic rings. The molecule has 3 aromatic heterocycles. The number of amides is 1. The van der Waals surface area contributed by atoms with Gasteiger partial charge in [0.15, 0.2) is 5.16 Å². The maximum atomic E-state index is 13.1. The molecule has 3 aromatic rings. The second-order valence-electron chi connectivity index (χ2n) is 7.35. The van der Waals surface area contributed by atoms with E-state index in [2.05, 4.69) is 11.4 Å². The highest BCUT2D eigenvalue weighted by Gasteiger charge is 2.23. The Balaban J connectivity index is 1.58. The summed E-state index contributed by atoms with van der Waals surface area (Å²) in [5.41, 5.74) is 2.27. The predicted molar refractivity (Wildman–Crippen MR) is 118 cm³/mol. The van der Waals surface area contributed by atoms with E-state index in [9.17, 15) is 9.59 Å². The van der Waals surface area contributed by atoms with Crippen LogP contribution < -0.4 is 5.56 Å². The molecule has 0 N–H and O–H groups in total. The summed E-state index contributed by atoms with van der Waals surface area (Å²) in [6.07, 6.45) is 0.929. The first-order chi connectivity index (χ1) is 13.4. The van der Waals surface area contributed by atoms with Gasteiger partial charge in [-0.15, -0.1) is 22.7 Å². The number of aromatic nitrogens is 2. The van der Waals surface area contributed by atoms with E-state index in [-0.39, 0.29) is 17.5 Å². The van der Waals surface area contributed by atoms with Crippen LogP contribution in [0.25, 0.3) is 10.2 Å². The number of carbonyl (C=O) groups is 1. The molecular formula is C20H23N3O2S3. The molecule has 0 radical (unpaired) electrons. The quantitative estimate of drug-likeness (QED) is 0.452. The van der Waals surface area contributed by atoms with Gasteiger partial charge in [-0.25, -0.2) is 4.98 Å². The molecule has 0 atom stereocenters. The lowest BCUT2D eigenvalue weighted by Crippen LogP contribution is -2.36. The number of thiophene rings is 2. The van der Waals surface area contributed by atoms with E-state index in [4.69, 9.17) is 4.98 Å². The van der Waals surface area contributed by atoms with Gasteiger partial charge in [-0.2, -0.15) is 0 Å². The Kier molecular flexibility index (Phi) is 5.37. The number of rotatable bonds is 4. The van der Waals surface area contributed by atoms with Crippen LogP contribution in [0.1, 0.15) is 40.8 Å². The number of aryl methyl sites for hydroxylation is 2. The van der Waals surface area contributed by atoms with Crippen molar-refractivity contribution in [2.75, 3.05) is 12.3 Å². The first-order valence-electron chi connectivity index (χ1n) is 9.35. The molecule has 1 amide bonds. The highest BCUT2D eigenvalue weighted by Crippen LogP contribution is 2.30. The molecule has 0 saturated heterocycles. The third kappa shape index (κ3) is 3.42. The van der Waals surface area contributed by atoms with Crippen molar-refractivity contribution in [1.29, 1.82) is 0 Å². The highest BCUT2D eigenvalue weighted by atomic mass is 32.2. The van der Waals surface area contributed by atoms with Crippen molar-refractivity contribution in [3.63, 3.8) is 0 Å². The van der Waals surface area contributed by atoms with E-state index in [1.54, 1.807) is 27.2 Å². The Labute approximate surface area is 176 Å². The van der Waals surface area contributed by atoms with E-state index in [1.807, 2.05) is 32.6 Å². The number of nitrogens with zero attached hydrogens (tertiary/aromatic N) is 3. The third-order valence-electron chi connectivity index (χ3n) is 5.20. The molecule has 0 spiro atoms. The summed E-state index contributed by atoms with van der Waals surface area (Å²) in [7, 11) is 0. The van der Waals surface area contributed by atoms with Gasteiger partial charge in [-0.1, -0.05) is 11.8 Å². The van der Waals surface area contributed by atoms with Gasteiger partial charge in [0.25, 0.3) is 5.56 Å². The molecule has 148 valence electrons. The van der Waals surface area contributed by atoms with E-state index in [1.165, 1.54) is 22.2 Å². The average Bonchev–Trinajstić information content (AvgIpc) is 3.23. The Morgan fingerprint density at radius 1 is 1.36 bits per heavy atom. The number of carbonyl (C=O) groups excluding carboxylic acids is 1. The zero-order valence-corrected chi connectivity index (χ0v) is 18.9. The van der Waals surface area contributed by atoms with Gasteiger partial charge in [0, 0.05) is 28.9 Å². The number of thioether (sulfide) groups is 1. The van der Waals surface area contributed by atoms with Crippen LogP contribution in [-0.4, -0.2) is 32.7 Å². The lowest BCUT2D eigenvalue weighted by Gasteiger charge is -2.27. The summed E-state index contributed by atoms with van der Waals surface area (Å²) in [4.78, 5) is 35.8. The lowest BCUT2D eigenvalue weighted by molar-refractivity contribution is -0.129. The largest absolute Gasteiger partial charge is 0.337 e. The van der Waals surface area contributed by atoms with Crippen LogP contribution in [0.2, 0.25) is 0 Å². The minimum absolute atomic E-state index is 0.00214. The van der Waals surface area contributed by atoms with Crippen LogP contribution in [0.15, 0.2) is 21.4 Å². The maximum absolute atomic E-state index is 13.1. The molecule has 4 rings (SSSR count). The number of hydrogen-bond acceptors (Lipinski definition) is 6. The van der Waals surface area contributed by atoms with Crippen molar-refractivity contribution in [3.8, 4) is 0 Å². The van der Waals surface area contributed by atoms with Crippen LogP contribution in [0.5, 0.6) is 0 Å². The molecule has 1 aliphatic heterocycles. The number of fused-ring (bicyclic) bond motifs is 2. The van der Waals surface area contributed by atoms with Crippen LogP contribution in [0, 0.1) is 13.8 Å². The molecule has 0 saturated carbocycles. The average molecular weight is 434 g/mol. The van der Waals surface area contributed by atoms with Crippen LogP contribution in [-0.2, 0) is 17.8 Å². The standard InChI is InChI=1S/C20H23N3O2S3/c1-11(2)23-19(25)17-12(3)13(4)28-18(17)21-20(23)27-10-16(24)22-7-5-15-14(9-22)6-8-26-15/h6,8,11H,5,7,9-10H2,1-4H3. The summed E-state index contributed by atoms with van der Waals surface area (Å²) in [6.45, 7) is 9.42. The molecular weight excluding hydrogens is 410 g/mol. The smallest absolute Gasteiger partial charge is 0.263 e. The summed E-state index contributed by atoms with van der Waals surface area (Å²) < 4.78 is 1.73. The van der Waals surface area contributed by atoms with E-state index in [0.717, 1.165) is 28.2 Å². The van der Waals surface area contributed by atoms with Gasteiger partial charge in [0.1, 0.15) is 4.83 Å².